The predicted molar refractivity (Wildman–Crippen MR) is 84.6 cm³/mol. The monoisotopic (exact) mass is 369 g/mol. The summed E-state index contributed by atoms with van der Waals surface area (Å²) in [5.41, 5.74) is 6.01. The normalized spacial score (nSPS) is 10.2. The highest BCUT2D eigenvalue weighted by atomic mass is 79.9. The lowest BCUT2D eigenvalue weighted by Gasteiger charge is -2.09. The largest absolute Gasteiger partial charge is 0.398 e. The van der Waals surface area contributed by atoms with Crippen molar-refractivity contribution >= 4 is 50.5 Å². The molecule has 0 aromatic heterocycles. The van der Waals surface area contributed by atoms with E-state index in [1.165, 1.54) is 12.1 Å². The van der Waals surface area contributed by atoms with Gasteiger partial charge < -0.3 is 11.1 Å². The number of halogens is 2. The number of nitro groups is 1. The Morgan fingerprint density at radius 3 is 2.67 bits per heavy atom. The van der Waals surface area contributed by atoms with Crippen molar-refractivity contribution in [3.8, 4) is 0 Å². The minimum Gasteiger partial charge on any atom is -0.398 e. The van der Waals surface area contributed by atoms with Gasteiger partial charge in [-0.25, -0.2) is 0 Å². The average Bonchev–Trinajstić information content (AvgIpc) is 2.43. The third-order valence-corrected chi connectivity index (χ3v) is 3.49. The molecule has 0 aliphatic rings. The van der Waals surface area contributed by atoms with Crippen LogP contribution < -0.4 is 11.1 Å². The molecule has 0 radical (unpaired) electrons. The number of nitrogen functional groups attached to an aromatic ring is 1. The second-order valence-corrected chi connectivity index (χ2v) is 5.43. The summed E-state index contributed by atoms with van der Waals surface area (Å²) in [5, 5.41) is 13.7. The Kier molecular flexibility index (Phi) is 4.44. The fourth-order valence-electron chi connectivity index (χ4n) is 1.64. The third kappa shape index (κ3) is 3.50. The van der Waals surface area contributed by atoms with Crippen molar-refractivity contribution in [2.24, 2.45) is 0 Å². The lowest BCUT2D eigenvalue weighted by molar-refractivity contribution is -0.384. The molecule has 0 bridgehead atoms. The molecular weight excluding hydrogens is 362 g/mol. The fraction of sp³-hybridized carbons (Fsp3) is 0. The van der Waals surface area contributed by atoms with Gasteiger partial charge in [-0.3, -0.25) is 14.9 Å². The Balaban J connectivity index is 2.34. The van der Waals surface area contributed by atoms with Crippen LogP contribution in [0.25, 0.3) is 0 Å². The summed E-state index contributed by atoms with van der Waals surface area (Å²) in [7, 11) is 0. The molecule has 0 aliphatic heterocycles. The molecule has 0 heterocycles. The van der Waals surface area contributed by atoms with Gasteiger partial charge in [-0.2, -0.15) is 0 Å². The number of non-ortho nitro benzene ring substituents is 1. The maximum atomic E-state index is 12.2. The van der Waals surface area contributed by atoms with E-state index in [-0.39, 0.29) is 16.9 Å². The summed E-state index contributed by atoms with van der Waals surface area (Å²) < 4.78 is 0.731. The minimum absolute atomic E-state index is 0.0141. The van der Waals surface area contributed by atoms with Crippen LogP contribution in [-0.4, -0.2) is 10.8 Å². The van der Waals surface area contributed by atoms with E-state index in [1.807, 2.05) is 0 Å². The number of nitrogens with one attached hydrogen (secondary N) is 1. The second-order valence-electron chi connectivity index (χ2n) is 4.11. The Morgan fingerprint density at radius 2 is 2.00 bits per heavy atom. The summed E-state index contributed by atoms with van der Waals surface area (Å²) in [4.78, 5) is 22.3. The molecule has 21 heavy (non-hydrogen) atoms. The van der Waals surface area contributed by atoms with Gasteiger partial charge in [0.05, 0.1) is 21.2 Å². The number of nitro benzene ring substituents is 1. The highest BCUT2D eigenvalue weighted by Crippen LogP contribution is 2.27. The summed E-state index contributed by atoms with van der Waals surface area (Å²) in [6, 6.07) is 8.62. The highest BCUT2D eigenvalue weighted by Gasteiger charge is 2.16. The Morgan fingerprint density at radius 1 is 1.29 bits per heavy atom. The quantitative estimate of drug-likeness (QED) is 0.487. The molecule has 2 rings (SSSR count). The van der Waals surface area contributed by atoms with Crippen LogP contribution in [0.15, 0.2) is 40.9 Å². The molecule has 0 saturated heterocycles. The molecule has 0 aliphatic carbocycles. The number of hydrogen-bond donors (Lipinski definition) is 2. The number of hydrogen-bond acceptors (Lipinski definition) is 4. The molecule has 0 spiro atoms. The van der Waals surface area contributed by atoms with Crippen molar-refractivity contribution in [2.75, 3.05) is 11.1 Å². The smallest absolute Gasteiger partial charge is 0.270 e. The van der Waals surface area contributed by atoms with Crippen molar-refractivity contribution in [2.45, 2.75) is 0 Å². The highest BCUT2D eigenvalue weighted by molar-refractivity contribution is 9.10. The zero-order valence-electron chi connectivity index (χ0n) is 10.5. The SMILES string of the molecule is Nc1ccc([N+](=O)[O-])cc1C(=O)Nc1cc(Br)ccc1Cl. The van der Waals surface area contributed by atoms with E-state index in [2.05, 4.69) is 21.2 Å². The van der Waals surface area contributed by atoms with Crippen molar-refractivity contribution in [3.63, 3.8) is 0 Å². The number of carbonyl (C=O) groups is 1. The molecule has 108 valence electrons. The lowest BCUT2D eigenvalue weighted by atomic mass is 10.1. The van der Waals surface area contributed by atoms with Gasteiger partial charge >= 0.3 is 0 Å². The number of anilines is 2. The number of benzene rings is 2. The van der Waals surface area contributed by atoms with E-state index in [4.69, 9.17) is 17.3 Å². The molecular formula is C13H9BrClN3O3. The molecule has 0 fully saturated rings. The lowest BCUT2D eigenvalue weighted by Crippen LogP contribution is -2.14. The number of rotatable bonds is 3. The van der Waals surface area contributed by atoms with Gasteiger partial charge in [0.2, 0.25) is 0 Å². The topological polar surface area (TPSA) is 98.3 Å². The summed E-state index contributed by atoms with van der Waals surface area (Å²) in [6.07, 6.45) is 0. The van der Waals surface area contributed by atoms with E-state index in [9.17, 15) is 14.9 Å². The molecule has 8 heteroatoms. The second kappa shape index (κ2) is 6.11. The summed E-state index contributed by atoms with van der Waals surface area (Å²) in [5.74, 6) is -0.573. The van der Waals surface area contributed by atoms with Crippen molar-refractivity contribution in [3.05, 3.63) is 61.6 Å². The van der Waals surface area contributed by atoms with Gasteiger partial charge in [-0.05, 0) is 24.3 Å². The van der Waals surface area contributed by atoms with Crippen molar-refractivity contribution < 1.29 is 9.72 Å². The first-order valence-electron chi connectivity index (χ1n) is 5.69. The van der Waals surface area contributed by atoms with Gasteiger partial charge in [0.15, 0.2) is 0 Å². The molecule has 2 aromatic carbocycles. The fourth-order valence-corrected chi connectivity index (χ4v) is 2.16. The molecule has 0 atom stereocenters. The van der Waals surface area contributed by atoms with Crippen LogP contribution in [0, 0.1) is 10.1 Å². The van der Waals surface area contributed by atoms with Crippen molar-refractivity contribution in [1.82, 2.24) is 0 Å². The first-order valence-corrected chi connectivity index (χ1v) is 6.86. The maximum absolute atomic E-state index is 12.2. The third-order valence-electron chi connectivity index (χ3n) is 2.67. The number of carbonyl (C=O) groups excluding carboxylic acids is 1. The van der Waals surface area contributed by atoms with E-state index < -0.39 is 10.8 Å². The standard InChI is InChI=1S/C13H9BrClN3O3/c14-7-1-3-10(15)12(5-7)17-13(19)9-6-8(18(20)21)2-4-11(9)16/h1-6H,16H2,(H,17,19). The van der Waals surface area contributed by atoms with Crippen LogP contribution in [0.3, 0.4) is 0 Å². The first kappa shape index (κ1) is 15.3. The van der Waals surface area contributed by atoms with Crippen LogP contribution in [-0.2, 0) is 0 Å². The molecule has 0 unspecified atom stereocenters. The van der Waals surface area contributed by atoms with Crippen LogP contribution >= 0.6 is 27.5 Å². The van der Waals surface area contributed by atoms with E-state index >= 15 is 0 Å². The Bertz CT molecular complexity index is 737. The first-order chi connectivity index (χ1) is 9.88. The van der Waals surface area contributed by atoms with Gasteiger partial charge in [0.1, 0.15) is 0 Å². The average molecular weight is 371 g/mol. The number of nitrogens with zero attached hydrogens (tertiary/aromatic N) is 1. The van der Waals surface area contributed by atoms with E-state index in [1.54, 1.807) is 18.2 Å². The van der Waals surface area contributed by atoms with E-state index in [0.29, 0.717) is 10.7 Å². The number of amides is 1. The van der Waals surface area contributed by atoms with Crippen LogP contribution in [0.5, 0.6) is 0 Å². The van der Waals surface area contributed by atoms with Crippen molar-refractivity contribution in [1.29, 1.82) is 0 Å². The number of nitrogens with two attached hydrogens (primary N) is 1. The molecule has 3 N–H and O–H groups in total. The molecule has 2 aromatic rings. The Hall–Kier alpha value is -2.12. The molecule has 6 nitrogen and oxygen atoms in total. The minimum atomic E-state index is -0.595. The van der Waals surface area contributed by atoms with Crippen LogP contribution in [0.1, 0.15) is 10.4 Å². The predicted octanol–water partition coefficient (Wildman–Crippen LogP) is 3.85. The van der Waals surface area contributed by atoms with Gasteiger partial charge in [-0.1, -0.05) is 27.5 Å². The van der Waals surface area contributed by atoms with Crippen LogP contribution in [0.4, 0.5) is 17.1 Å². The molecule has 0 saturated carbocycles. The van der Waals surface area contributed by atoms with Crippen LogP contribution in [0.2, 0.25) is 5.02 Å². The van der Waals surface area contributed by atoms with Gasteiger partial charge in [-0.15, -0.1) is 0 Å². The van der Waals surface area contributed by atoms with E-state index in [0.717, 1.165) is 10.5 Å². The Labute approximate surface area is 133 Å². The summed E-state index contributed by atoms with van der Waals surface area (Å²) >= 11 is 9.24. The van der Waals surface area contributed by atoms with Gasteiger partial charge in [0, 0.05) is 22.3 Å². The molecule has 1 amide bonds. The summed E-state index contributed by atoms with van der Waals surface area (Å²) in [6.45, 7) is 0. The zero-order chi connectivity index (χ0) is 15.6. The van der Waals surface area contributed by atoms with Gasteiger partial charge in [0.25, 0.3) is 11.6 Å². The zero-order valence-corrected chi connectivity index (χ0v) is 12.8. The maximum Gasteiger partial charge on any atom is 0.270 e.